The van der Waals surface area contributed by atoms with Crippen LogP contribution in [0.1, 0.15) is 36.6 Å². The molecule has 1 unspecified atom stereocenters. The standard InChI is InChI=1S/C8H13FN2S/c1-5(2)8-11-7(4-12-8)6(9)3-10/h4-6H,3,10H2,1-2H3. The quantitative estimate of drug-likeness (QED) is 0.790. The smallest absolute Gasteiger partial charge is 0.155 e. The van der Waals surface area contributed by atoms with E-state index in [0.29, 0.717) is 11.6 Å². The zero-order valence-electron chi connectivity index (χ0n) is 7.25. The molecule has 2 N–H and O–H groups in total. The van der Waals surface area contributed by atoms with E-state index in [0.717, 1.165) is 5.01 Å². The first kappa shape index (κ1) is 9.61. The van der Waals surface area contributed by atoms with Gasteiger partial charge in [0.15, 0.2) is 6.17 Å². The zero-order valence-corrected chi connectivity index (χ0v) is 8.07. The number of rotatable bonds is 3. The van der Waals surface area contributed by atoms with Gasteiger partial charge in [-0.05, 0) is 0 Å². The van der Waals surface area contributed by atoms with Gasteiger partial charge >= 0.3 is 0 Å². The maximum Gasteiger partial charge on any atom is 0.155 e. The van der Waals surface area contributed by atoms with Crippen molar-refractivity contribution < 1.29 is 4.39 Å². The Morgan fingerprint density at radius 1 is 1.67 bits per heavy atom. The van der Waals surface area contributed by atoms with E-state index in [2.05, 4.69) is 4.98 Å². The molecule has 4 heteroatoms. The minimum Gasteiger partial charge on any atom is -0.327 e. The lowest BCUT2D eigenvalue weighted by atomic mass is 10.2. The molecule has 0 spiro atoms. The molecule has 0 bridgehead atoms. The molecule has 1 heterocycles. The third kappa shape index (κ3) is 2.01. The van der Waals surface area contributed by atoms with Crippen molar-refractivity contribution in [3.05, 3.63) is 16.1 Å². The van der Waals surface area contributed by atoms with Gasteiger partial charge in [-0.25, -0.2) is 9.37 Å². The molecule has 0 aromatic carbocycles. The predicted octanol–water partition coefficient (Wildman–Crippen LogP) is 2.24. The van der Waals surface area contributed by atoms with Crippen LogP contribution in [0.2, 0.25) is 0 Å². The average Bonchev–Trinajstić information content (AvgIpc) is 2.51. The van der Waals surface area contributed by atoms with Gasteiger partial charge in [0, 0.05) is 17.8 Å². The molecule has 0 saturated carbocycles. The van der Waals surface area contributed by atoms with Crippen molar-refractivity contribution in [2.75, 3.05) is 6.54 Å². The number of aromatic nitrogens is 1. The molecule has 0 aliphatic rings. The van der Waals surface area contributed by atoms with Crippen LogP contribution in [0.25, 0.3) is 0 Å². The number of thiazole rings is 1. The van der Waals surface area contributed by atoms with Gasteiger partial charge in [0.05, 0.1) is 10.7 Å². The molecule has 0 aliphatic carbocycles. The Labute approximate surface area is 75.6 Å². The zero-order chi connectivity index (χ0) is 9.14. The molecule has 68 valence electrons. The second kappa shape index (κ2) is 3.96. The summed E-state index contributed by atoms with van der Waals surface area (Å²) in [5.41, 5.74) is 5.66. The number of alkyl halides is 1. The highest BCUT2D eigenvalue weighted by molar-refractivity contribution is 7.09. The third-order valence-electron chi connectivity index (χ3n) is 1.56. The lowest BCUT2D eigenvalue weighted by Gasteiger charge is -2.00. The molecule has 12 heavy (non-hydrogen) atoms. The predicted molar refractivity (Wildman–Crippen MR) is 49.1 cm³/mol. The van der Waals surface area contributed by atoms with E-state index in [1.807, 2.05) is 13.8 Å². The summed E-state index contributed by atoms with van der Waals surface area (Å²) in [4.78, 5) is 4.14. The van der Waals surface area contributed by atoms with E-state index < -0.39 is 6.17 Å². The van der Waals surface area contributed by atoms with Crippen LogP contribution in [0.4, 0.5) is 4.39 Å². The van der Waals surface area contributed by atoms with Gasteiger partial charge in [-0.15, -0.1) is 11.3 Å². The van der Waals surface area contributed by atoms with Gasteiger partial charge in [0.2, 0.25) is 0 Å². The minimum absolute atomic E-state index is 0.0151. The lowest BCUT2D eigenvalue weighted by molar-refractivity contribution is 0.345. The molecule has 0 radical (unpaired) electrons. The van der Waals surface area contributed by atoms with Crippen molar-refractivity contribution in [3.63, 3.8) is 0 Å². The molecule has 0 amide bonds. The SMILES string of the molecule is CC(C)c1nc(C(F)CN)cs1. The second-order valence-corrected chi connectivity index (χ2v) is 3.86. The molecule has 2 nitrogen and oxygen atoms in total. The van der Waals surface area contributed by atoms with Gasteiger partial charge in [-0.2, -0.15) is 0 Å². The molecule has 1 atom stereocenters. The van der Waals surface area contributed by atoms with Crippen molar-refractivity contribution in [1.29, 1.82) is 0 Å². The molecule has 1 aromatic heterocycles. The van der Waals surface area contributed by atoms with E-state index in [9.17, 15) is 4.39 Å². The molecule has 1 aromatic rings. The summed E-state index contributed by atoms with van der Waals surface area (Å²) in [7, 11) is 0. The minimum atomic E-state index is -1.10. The normalized spacial score (nSPS) is 13.8. The molecule has 0 fully saturated rings. The number of halogens is 1. The Kier molecular flexibility index (Phi) is 3.17. The largest absolute Gasteiger partial charge is 0.327 e. The Morgan fingerprint density at radius 3 is 2.75 bits per heavy atom. The molecular formula is C8H13FN2S. The Morgan fingerprint density at radius 2 is 2.33 bits per heavy atom. The second-order valence-electron chi connectivity index (χ2n) is 2.97. The van der Waals surface area contributed by atoms with Gasteiger partial charge < -0.3 is 5.73 Å². The number of hydrogen-bond donors (Lipinski definition) is 1. The van der Waals surface area contributed by atoms with E-state index in [-0.39, 0.29) is 6.54 Å². The Bertz CT molecular complexity index is 247. The first-order valence-electron chi connectivity index (χ1n) is 3.94. The number of nitrogens with zero attached hydrogens (tertiary/aromatic N) is 1. The number of nitrogens with two attached hydrogens (primary N) is 1. The maximum atomic E-state index is 13.0. The molecule has 0 saturated heterocycles. The Balaban J connectivity index is 2.77. The molecule has 0 aliphatic heterocycles. The van der Waals surface area contributed by atoms with E-state index in [4.69, 9.17) is 5.73 Å². The summed E-state index contributed by atoms with van der Waals surface area (Å²) in [6.45, 7) is 4.10. The first-order valence-corrected chi connectivity index (χ1v) is 4.82. The van der Waals surface area contributed by atoms with Crippen LogP contribution < -0.4 is 5.73 Å². The molecular weight excluding hydrogens is 175 g/mol. The number of hydrogen-bond acceptors (Lipinski definition) is 3. The highest BCUT2D eigenvalue weighted by atomic mass is 32.1. The van der Waals surface area contributed by atoms with Gasteiger partial charge in [0.1, 0.15) is 0 Å². The summed E-state index contributed by atoms with van der Waals surface area (Å²) in [5, 5.41) is 2.72. The average molecular weight is 188 g/mol. The first-order chi connectivity index (χ1) is 5.65. The summed E-state index contributed by atoms with van der Waals surface area (Å²) >= 11 is 1.49. The fourth-order valence-corrected chi connectivity index (χ4v) is 1.70. The van der Waals surface area contributed by atoms with E-state index in [1.54, 1.807) is 5.38 Å². The van der Waals surface area contributed by atoms with E-state index in [1.165, 1.54) is 11.3 Å². The highest BCUT2D eigenvalue weighted by Crippen LogP contribution is 2.23. The maximum absolute atomic E-state index is 13.0. The van der Waals surface area contributed by atoms with Crippen molar-refractivity contribution in [1.82, 2.24) is 4.98 Å². The highest BCUT2D eigenvalue weighted by Gasteiger charge is 2.12. The summed E-state index contributed by atoms with van der Waals surface area (Å²) in [6, 6.07) is 0. The molecule has 1 rings (SSSR count). The van der Waals surface area contributed by atoms with Crippen LogP contribution in [0, 0.1) is 0 Å². The fourth-order valence-electron chi connectivity index (χ4n) is 0.830. The van der Waals surface area contributed by atoms with Crippen LogP contribution in [0.15, 0.2) is 5.38 Å². The van der Waals surface area contributed by atoms with Crippen LogP contribution >= 0.6 is 11.3 Å². The lowest BCUT2D eigenvalue weighted by Crippen LogP contribution is -2.08. The van der Waals surface area contributed by atoms with Crippen LogP contribution in [-0.4, -0.2) is 11.5 Å². The summed E-state index contributed by atoms with van der Waals surface area (Å²) in [6.07, 6.45) is -1.10. The van der Waals surface area contributed by atoms with Gasteiger partial charge in [0.25, 0.3) is 0 Å². The van der Waals surface area contributed by atoms with Crippen molar-refractivity contribution in [2.24, 2.45) is 5.73 Å². The van der Waals surface area contributed by atoms with Crippen molar-refractivity contribution >= 4 is 11.3 Å². The third-order valence-corrected chi connectivity index (χ3v) is 2.73. The fraction of sp³-hybridized carbons (Fsp3) is 0.625. The van der Waals surface area contributed by atoms with Crippen LogP contribution in [0.3, 0.4) is 0 Å². The van der Waals surface area contributed by atoms with Gasteiger partial charge in [-0.3, -0.25) is 0 Å². The topological polar surface area (TPSA) is 38.9 Å². The monoisotopic (exact) mass is 188 g/mol. The van der Waals surface area contributed by atoms with Crippen molar-refractivity contribution in [3.8, 4) is 0 Å². The van der Waals surface area contributed by atoms with E-state index >= 15 is 0 Å². The summed E-state index contributed by atoms with van der Waals surface area (Å²) < 4.78 is 13.0. The van der Waals surface area contributed by atoms with Crippen LogP contribution in [0.5, 0.6) is 0 Å². The Hall–Kier alpha value is -0.480. The van der Waals surface area contributed by atoms with Crippen LogP contribution in [-0.2, 0) is 0 Å². The van der Waals surface area contributed by atoms with Crippen molar-refractivity contribution in [2.45, 2.75) is 25.9 Å². The van der Waals surface area contributed by atoms with Gasteiger partial charge in [-0.1, -0.05) is 13.8 Å². The summed E-state index contributed by atoms with van der Waals surface area (Å²) in [5.74, 6) is 0.369.